The van der Waals surface area contributed by atoms with Gasteiger partial charge in [-0.25, -0.2) is 9.78 Å². The Morgan fingerprint density at radius 3 is 2.91 bits per heavy atom. The summed E-state index contributed by atoms with van der Waals surface area (Å²) in [4.78, 5) is 27.8. The number of nitrogens with one attached hydrogen (secondary N) is 1. The number of carbonyl (C=O) groups is 2. The van der Waals surface area contributed by atoms with E-state index in [1.807, 2.05) is 18.4 Å². The molecule has 0 aliphatic heterocycles. The molecule has 0 fully saturated rings. The maximum Gasteiger partial charge on any atom is 0.331 e. The fourth-order valence-corrected chi connectivity index (χ4v) is 2.91. The molecule has 0 spiro atoms. The van der Waals surface area contributed by atoms with E-state index in [1.54, 1.807) is 11.4 Å². The number of thiophene rings is 1. The van der Waals surface area contributed by atoms with Crippen LogP contribution in [0.15, 0.2) is 22.9 Å². The van der Waals surface area contributed by atoms with Crippen LogP contribution in [0, 0.1) is 18.3 Å². The van der Waals surface area contributed by atoms with Gasteiger partial charge in [0.2, 0.25) is 0 Å². The van der Waals surface area contributed by atoms with Crippen molar-refractivity contribution in [3.8, 4) is 6.07 Å². The van der Waals surface area contributed by atoms with Crippen LogP contribution < -0.4 is 5.32 Å². The third-order valence-electron chi connectivity index (χ3n) is 2.71. The van der Waals surface area contributed by atoms with Gasteiger partial charge < -0.3 is 10.1 Å². The number of thiazole rings is 1. The van der Waals surface area contributed by atoms with Crippen LogP contribution in [0.25, 0.3) is 6.08 Å². The summed E-state index contributed by atoms with van der Waals surface area (Å²) in [6, 6.07) is 3.58. The number of aryl methyl sites for hydroxylation is 1. The minimum atomic E-state index is -0.974. The fraction of sp³-hybridized carbons (Fsp3) is 0.200. The van der Waals surface area contributed by atoms with Crippen LogP contribution >= 0.6 is 22.7 Å². The van der Waals surface area contributed by atoms with Crippen LogP contribution in [0.1, 0.15) is 23.2 Å². The Labute approximate surface area is 141 Å². The molecule has 2 rings (SSSR count). The lowest BCUT2D eigenvalue weighted by Crippen LogP contribution is -2.29. The minimum absolute atomic E-state index is 0.376. The van der Waals surface area contributed by atoms with Crippen molar-refractivity contribution in [2.24, 2.45) is 0 Å². The zero-order chi connectivity index (χ0) is 16.8. The van der Waals surface area contributed by atoms with E-state index in [9.17, 15) is 9.59 Å². The maximum absolute atomic E-state index is 12.0. The van der Waals surface area contributed by atoms with Gasteiger partial charge in [-0.15, -0.1) is 22.7 Å². The number of ether oxygens (including phenoxy) is 1. The van der Waals surface area contributed by atoms with Crippen molar-refractivity contribution >= 4 is 45.6 Å². The number of carbonyl (C=O) groups excluding carboxylic acids is 2. The first-order valence-electron chi connectivity index (χ1n) is 6.59. The molecule has 1 unspecified atom stereocenters. The molecule has 2 aromatic heterocycles. The van der Waals surface area contributed by atoms with E-state index >= 15 is 0 Å². The number of hydrogen-bond acceptors (Lipinski definition) is 7. The van der Waals surface area contributed by atoms with Crippen LogP contribution in [0.4, 0.5) is 5.00 Å². The third-order valence-corrected chi connectivity index (χ3v) is 4.33. The van der Waals surface area contributed by atoms with E-state index in [0.717, 1.165) is 5.01 Å². The fourth-order valence-electron chi connectivity index (χ4n) is 1.58. The standard InChI is InChI=1S/C15H13N3O3S2/c1-9(14(20)18-15-11(7-16)5-6-22-15)21-13(19)4-3-12-8-23-10(2)17-12/h3-6,8-9H,1-2H3,(H,18,20)/b4-3+. The molecule has 1 amide bonds. The molecule has 23 heavy (non-hydrogen) atoms. The summed E-state index contributed by atoms with van der Waals surface area (Å²) in [7, 11) is 0. The quantitative estimate of drug-likeness (QED) is 0.663. The first kappa shape index (κ1) is 16.9. The summed E-state index contributed by atoms with van der Waals surface area (Å²) in [5, 5.41) is 16.3. The molecule has 8 heteroatoms. The Morgan fingerprint density at radius 2 is 2.26 bits per heavy atom. The number of hydrogen-bond donors (Lipinski definition) is 1. The van der Waals surface area contributed by atoms with Crippen molar-refractivity contribution in [1.29, 1.82) is 5.26 Å². The number of nitriles is 1. The highest BCUT2D eigenvalue weighted by atomic mass is 32.1. The van der Waals surface area contributed by atoms with E-state index in [-0.39, 0.29) is 0 Å². The van der Waals surface area contributed by atoms with Gasteiger partial charge >= 0.3 is 5.97 Å². The zero-order valence-electron chi connectivity index (χ0n) is 12.4. The first-order valence-corrected chi connectivity index (χ1v) is 8.35. The van der Waals surface area contributed by atoms with Crippen LogP contribution in [-0.2, 0) is 14.3 Å². The summed E-state index contributed by atoms with van der Waals surface area (Å²) < 4.78 is 5.02. The number of nitrogens with zero attached hydrogens (tertiary/aromatic N) is 2. The highest BCUT2D eigenvalue weighted by Gasteiger charge is 2.18. The highest BCUT2D eigenvalue weighted by molar-refractivity contribution is 7.14. The molecule has 1 atom stereocenters. The van der Waals surface area contributed by atoms with E-state index in [1.165, 1.54) is 41.7 Å². The first-order chi connectivity index (χ1) is 11.0. The smallest absolute Gasteiger partial charge is 0.331 e. The van der Waals surface area contributed by atoms with Crippen molar-refractivity contribution < 1.29 is 14.3 Å². The Bertz CT molecular complexity index is 786. The second kappa shape index (κ2) is 7.67. The minimum Gasteiger partial charge on any atom is -0.449 e. The van der Waals surface area contributed by atoms with Gasteiger partial charge in [0.15, 0.2) is 6.10 Å². The second-order valence-corrected chi connectivity index (χ2v) is 6.45. The predicted molar refractivity (Wildman–Crippen MR) is 89.1 cm³/mol. The molecule has 6 nitrogen and oxygen atoms in total. The number of aromatic nitrogens is 1. The lowest BCUT2D eigenvalue weighted by Gasteiger charge is -2.11. The summed E-state index contributed by atoms with van der Waals surface area (Å²) in [5.74, 6) is -1.12. The Balaban J connectivity index is 1.89. The summed E-state index contributed by atoms with van der Waals surface area (Å²) in [6.07, 6.45) is 1.78. The van der Waals surface area contributed by atoms with E-state index in [0.29, 0.717) is 16.3 Å². The normalized spacial score (nSPS) is 11.9. The van der Waals surface area contributed by atoms with Crippen molar-refractivity contribution in [1.82, 2.24) is 4.98 Å². The molecular formula is C15H13N3O3S2. The summed E-state index contributed by atoms with van der Waals surface area (Å²) in [6.45, 7) is 3.33. The highest BCUT2D eigenvalue weighted by Crippen LogP contribution is 2.22. The molecule has 2 heterocycles. The van der Waals surface area contributed by atoms with Gasteiger partial charge in [0.05, 0.1) is 16.3 Å². The maximum atomic E-state index is 12.0. The van der Waals surface area contributed by atoms with Crippen molar-refractivity contribution in [3.63, 3.8) is 0 Å². The Hall–Kier alpha value is -2.50. The van der Waals surface area contributed by atoms with E-state index < -0.39 is 18.0 Å². The summed E-state index contributed by atoms with van der Waals surface area (Å²) >= 11 is 2.71. The van der Waals surface area contributed by atoms with E-state index in [4.69, 9.17) is 10.00 Å². The van der Waals surface area contributed by atoms with E-state index in [2.05, 4.69) is 10.3 Å². The van der Waals surface area contributed by atoms with Gasteiger partial charge in [-0.3, -0.25) is 4.79 Å². The topological polar surface area (TPSA) is 92.1 Å². The van der Waals surface area contributed by atoms with Crippen molar-refractivity contribution in [3.05, 3.63) is 39.2 Å². The molecule has 0 aliphatic carbocycles. The Morgan fingerprint density at radius 1 is 1.48 bits per heavy atom. The van der Waals surface area contributed by atoms with Crippen LogP contribution in [0.2, 0.25) is 0 Å². The van der Waals surface area contributed by atoms with Gasteiger partial charge in [-0.2, -0.15) is 5.26 Å². The number of amides is 1. The molecule has 118 valence electrons. The average molecular weight is 347 g/mol. The number of rotatable bonds is 5. The lowest BCUT2D eigenvalue weighted by molar-refractivity contribution is -0.148. The van der Waals surface area contributed by atoms with Gasteiger partial charge in [0, 0.05) is 11.5 Å². The van der Waals surface area contributed by atoms with Crippen LogP contribution in [-0.4, -0.2) is 23.0 Å². The lowest BCUT2D eigenvalue weighted by atomic mass is 10.3. The second-order valence-electron chi connectivity index (χ2n) is 4.47. The van der Waals surface area contributed by atoms with Crippen molar-refractivity contribution in [2.75, 3.05) is 5.32 Å². The largest absolute Gasteiger partial charge is 0.449 e. The molecular weight excluding hydrogens is 334 g/mol. The summed E-state index contributed by atoms with van der Waals surface area (Å²) in [5.41, 5.74) is 1.04. The van der Waals surface area contributed by atoms with Crippen molar-refractivity contribution in [2.45, 2.75) is 20.0 Å². The molecule has 0 radical (unpaired) electrons. The predicted octanol–water partition coefficient (Wildman–Crippen LogP) is 2.97. The molecule has 0 saturated carbocycles. The molecule has 1 N–H and O–H groups in total. The molecule has 0 bridgehead atoms. The number of anilines is 1. The van der Waals surface area contributed by atoms with Gasteiger partial charge in [-0.1, -0.05) is 0 Å². The molecule has 0 aliphatic rings. The monoisotopic (exact) mass is 347 g/mol. The average Bonchev–Trinajstić information content (AvgIpc) is 3.13. The SMILES string of the molecule is Cc1nc(/C=C/C(=O)OC(C)C(=O)Nc2sccc2C#N)cs1. The zero-order valence-corrected chi connectivity index (χ0v) is 14.0. The molecule has 0 aromatic carbocycles. The van der Waals surface area contributed by atoms with Gasteiger partial charge in [0.1, 0.15) is 11.1 Å². The molecule has 0 saturated heterocycles. The van der Waals surface area contributed by atoms with Gasteiger partial charge in [-0.05, 0) is 31.4 Å². The van der Waals surface area contributed by atoms with Crippen LogP contribution in [0.3, 0.4) is 0 Å². The van der Waals surface area contributed by atoms with Crippen LogP contribution in [0.5, 0.6) is 0 Å². The number of esters is 1. The third kappa shape index (κ3) is 4.74. The Kier molecular flexibility index (Phi) is 5.62. The van der Waals surface area contributed by atoms with Gasteiger partial charge in [0.25, 0.3) is 5.91 Å². The molecule has 2 aromatic rings.